The van der Waals surface area contributed by atoms with E-state index in [0.717, 1.165) is 17.1 Å². The standard InChI is InChI=1S/C24H20N4S/c1-24(2,3)23-27-21(26-22(28-23)18-12-6-7-14-25-18)17-11-8-10-16-15-9-4-5-13-19(15)29-20(16)17/h4-14H,1-3H3. The third kappa shape index (κ3) is 3.17. The molecular formula is C24H20N4S. The second kappa shape index (κ2) is 6.71. The van der Waals surface area contributed by atoms with E-state index in [9.17, 15) is 0 Å². The van der Waals surface area contributed by atoms with Gasteiger partial charge in [0, 0.05) is 37.3 Å². The van der Waals surface area contributed by atoms with Gasteiger partial charge in [0.2, 0.25) is 0 Å². The summed E-state index contributed by atoms with van der Waals surface area (Å²) in [7, 11) is 0. The van der Waals surface area contributed by atoms with Crippen molar-refractivity contribution >= 4 is 31.5 Å². The maximum absolute atomic E-state index is 4.88. The lowest BCUT2D eigenvalue weighted by atomic mass is 9.95. The minimum atomic E-state index is -0.199. The summed E-state index contributed by atoms with van der Waals surface area (Å²) < 4.78 is 2.47. The highest BCUT2D eigenvalue weighted by atomic mass is 32.1. The molecule has 0 N–H and O–H groups in total. The Balaban J connectivity index is 1.80. The topological polar surface area (TPSA) is 51.6 Å². The minimum absolute atomic E-state index is 0.199. The number of rotatable bonds is 2. The summed E-state index contributed by atoms with van der Waals surface area (Å²) in [4.78, 5) is 18.9. The van der Waals surface area contributed by atoms with Crippen LogP contribution in [0.1, 0.15) is 26.6 Å². The summed E-state index contributed by atoms with van der Waals surface area (Å²) in [6.45, 7) is 6.36. The molecule has 5 aromatic rings. The summed E-state index contributed by atoms with van der Waals surface area (Å²) in [5, 5.41) is 2.50. The van der Waals surface area contributed by atoms with E-state index in [1.54, 1.807) is 17.5 Å². The highest BCUT2D eigenvalue weighted by Crippen LogP contribution is 2.39. The predicted octanol–water partition coefficient (Wildman–Crippen LogP) is 6.27. The van der Waals surface area contributed by atoms with Gasteiger partial charge in [-0.15, -0.1) is 11.3 Å². The molecule has 0 saturated heterocycles. The van der Waals surface area contributed by atoms with E-state index in [1.165, 1.54) is 20.2 Å². The van der Waals surface area contributed by atoms with Crippen LogP contribution in [0.4, 0.5) is 0 Å². The lowest BCUT2D eigenvalue weighted by Crippen LogP contribution is -2.18. The van der Waals surface area contributed by atoms with Crippen LogP contribution in [-0.2, 0) is 5.41 Å². The summed E-state index contributed by atoms with van der Waals surface area (Å²) >= 11 is 1.78. The molecule has 0 fully saturated rings. The predicted molar refractivity (Wildman–Crippen MR) is 120 cm³/mol. The first kappa shape index (κ1) is 17.9. The van der Waals surface area contributed by atoms with Crippen LogP contribution in [0.3, 0.4) is 0 Å². The molecular weight excluding hydrogens is 376 g/mol. The fourth-order valence-electron chi connectivity index (χ4n) is 3.36. The number of aromatic nitrogens is 4. The second-order valence-corrected chi connectivity index (χ2v) is 9.10. The fourth-order valence-corrected chi connectivity index (χ4v) is 4.58. The minimum Gasteiger partial charge on any atom is -0.253 e. The van der Waals surface area contributed by atoms with Gasteiger partial charge in [-0.05, 0) is 24.3 Å². The molecule has 0 aliphatic carbocycles. The molecule has 2 aromatic carbocycles. The van der Waals surface area contributed by atoms with Crippen LogP contribution in [0.5, 0.6) is 0 Å². The SMILES string of the molecule is CC(C)(C)c1nc(-c2ccccn2)nc(-c2cccc3c2sc2ccccc23)n1. The lowest BCUT2D eigenvalue weighted by Gasteiger charge is -2.18. The van der Waals surface area contributed by atoms with Gasteiger partial charge in [-0.1, -0.05) is 57.2 Å². The van der Waals surface area contributed by atoms with Crippen molar-refractivity contribution in [2.75, 3.05) is 0 Å². The summed E-state index contributed by atoms with van der Waals surface area (Å²) in [6.07, 6.45) is 1.77. The van der Waals surface area contributed by atoms with Crippen molar-refractivity contribution in [1.82, 2.24) is 19.9 Å². The molecule has 0 spiro atoms. The van der Waals surface area contributed by atoms with E-state index in [2.05, 4.69) is 68.2 Å². The average molecular weight is 397 g/mol. The van der Waals surface area contributed by atoms with Crippen LogP contribution >= 0.6 is 11.3 Å². The van der Waals surface area contributed by atoms with Crippen LogP contribution in [0.2, 0.25) is 0 Å². The highest BCUT2D eigenvalue weighted by molar-refractivity contribution is 7.26. The van der Waals surface area contributed by atoms with Gasteiger partial charge in [0.05, 0.1) is 0 Å². The molecule has 0 unspecified atom stereocenters. The van der Waals surface area contributed by atoms with E-state index in [0.29, 0.717) is 11.6 Å². The Labute approximate surface area is 173 Å². The number of hydrogen-bond donors (Lipinski definition) is 0. The average Bonchev–Trinajstić information content (AvgIpc) is 3.12. The summed E-state index contributed by atoms with van der Waals surface area (Å²) in [5.41, 5.74) is 1.59. The van der Waals surface area contributed by atoms with Crippen molar-refractivity contribution in [3.05, 3.63) is 72.7 Å². The zero-order valence-corrected chi connectivity index (χ0v) is 17.4. The fraction of sp³-hybridized carbons (Fsp3) is 0.167. The number of benzene rings is 2. The van der Waals surface area contributed by atoms with Crippen LogP contribution in [0.15, 0.2) is 66.9 Å². The van der Waals surface area contributed by atoms with E-state index in [4.69, 9.17) is 15.0 Å². The lowest BCUT2D eigenvalue weighted by molar-refractivity contribution is 0.543. The maximum Gasteiger partial charge on any atom is 0.182 e. The number of hydrogen-bond acceptors (Lipinski definition) is 5. The van der Waals surface area contributed by atoms with Crippen LogP contribution < -0.4 is 0 Å². The largest absolute Gasteiger partial charge is 0.253 e. The van der Waals surface area contributed by atoms with Gasteiger partial charge >= 0.3 is 0 Å². The first-order valence-electron chi connectivity index (χ1n) is 9.59. The molecule has 0 aliphatic rings. The third-order valence-corrected chi connectivity index (χ3v) is 6.07. The Morgan fingerprint density at radius 3 is 2.28 bits per heavy atom. The van der Waals surface area contributed by atoms with Crippen molar-refractivity contribution in [1.29, 1.82) is 0 Å². The molecule has 29 heavy (non-hydrogen) atoms. The molecule has 0 atom stereocenters. The quantitative estimate of drug-likeness (QED) is 0.353. The molecule has 0 bridgehead atoms. The molecule has 5 heteroatoms. The van der Waals surface area contributed by atoms with E-state index < -0.39 is 0 Å². The third-order valence-electron chi connectivity index (χ3n) is 4.85. The van der Waals surface area contributed by atoms with E-state index in [1.807, 2.05) is 18.2 Å². The smallest absolute Gasteiger partial charge is 0.182 e. The van der Waals surface area contributed by atoms with Gasteiger partial charge in [0.15, 0.2) is 11.6 Å². The number of nitrogens with zero attached hydrogens (tertiary/aromatic N) is 4. The van der Waals surface area contributed by atoms with Gasteiger partial charge in [-0.25, -0.2) is 15.0 Å². The Morgan fingerprint density at radius 1 is 0.724 bits per heavy atom. The molecule has 4 nitrogen and oxygen atoms in total. The molecule has 3 aromatic heterocycles. The van der Waals surface area contributed by atoms with Gasteiger partial charge in [-0.3, -0.25) is 4.98 Å². The molecule has 0 amide bonds. The molecule has 3 heterocycles. The van der Waals surface area contributed by atoms with Crippen molar-refractivity contribution in [3.8, 4) is 22.9 Å². The number of fused-ring (bicyclic) bond motifs is 3. The van der Waals surface area contributed by atoms with Crippen molar-refractivity contribution in [3.63, 3.8) is 0 Å². The number of thiophene rings is 1. The first-order valence-corrected chi connectivity index (χ1v) is 10.4. The van der Waals surface area contributed by atoms with Crippen molar-refractivity contribution in [2.24, 2.45) is 0 Å². The molecule has 0 saturated carbocycles. The van der Waals surface area contributed by atoms with Gasteiger partial charge in [0.25, 0.3) is 0 Å². The zero-order valence-electron chi connectivity index (χ0n) is 16.5. The van der Waals surface area contributed by atoms with Gasteiger partial charge in [0.1, 0.15) is 11.5 Å². The maximum atomic E-state index is 4.88. The van der Waals surface area contributed by atoms with Gasteiger partial charge in [-0.2, -0.15) is 0 Å². The van der Waals surface area contributed by atoms with Crippen LogP contribution in [-0.4, -0.2) is 19.9 Å². The molecule has 142 valence electrons. The molecule has 0 aliphatic heterocycles. The van der Waals surface area contributed by atoms with Crippen molar-refractivity contribution < 1.29 is 0 Å². The zero-order chi connectivity index (χ0) is 20.0. The van der Waals surface area contributed by atoms with Crippen molar-refractivity contribution in [2.45, 2.75) is 26.2 Å². The molecule has 0 radical (unpaired) electrons. The summed E-state index contributed by atoms with van der Waals surface area (Å²) in [5.74, 6) is 2.07. The Bertz CT molecular complexity index is 1330. The van der Waals surface area contributed by atoms with E-state index in [-0.39, 0.29) is 5.41 Å². The monoisotopic (exact) mass is 396 g/mol. The Hall–Kier alpha value is -3.18. The Morgan fingerprint density at radius 2 is 1.48 bits per heavy atom. The Kier molecular flexibility index (Phi) is 4.14. The van der Waals surface area contributed by atoms with E-state index >= 15 is 0 Å². The first-order chi connectivity index (χ1) is 14.0. The van der Waals surface area contributed by atoms with Gasteiger partial charge < -0.3 is 0 Å². The molecule has 5 rings (SSSR count). The number of pyridine rings is 1. The van der Waals surface area contributed by atoms with Crippen LogP contribution in [0, 0.1) is 0 Å². The highest BCUT2D eigenvalue weighted by Gasteiger charge is 2.22. The summed E-state index contributed by atoms with van der Waals surface area (Å²) in [6, 6.07) is 20.6. The second-order valence-electron chi connectivity index (χ2n) is 8.05. The van der Waals surface area contributed by atoms with Crippen LogP contribution in [0.25, 0.3) is 43.1 Å². The normalized spacial score (nSPS) is 12.0.